The maximum atomic E-state index is 12.8. The molecular formula is C16H13F3N2O3S. The van der Waals surface area contributed by atoms with Gasteiger partial charge in [0.25, 0.3) is 5.91 Å². The molecule has 0 aliphatic carbocycles. The van der Waals surface area contributed by atoms with Crippen molar-refractivity contribution in [2.75, 3.05) is 0 Å². The summed E-state index contributed by atoms with van der Waals surface area (Å²) in [5.74, 6) is -0.477. The van der Waals surface area contributed by atoms with Crippen molar-refractivity contribution in [1.29, 1.82) is 0 Å². The van der Waals surface area contributed by atoms with Gasteiger partial charge in [0.05, 0.1) is 10.5 Å². The van der Waals surface area contributed by atoms with E-state index in [0.717, 1.165) is 18.2 Å². The van der Waals surface area contributed by atoms with Crippen LogP contribution in [-0.4, -0.2) is 19.2 Å². The SMILES string of the molecule is NS(=O)(=O)c1cccc(C(=O)N2Cc3ccc(C(F)(F)F)cc3C2)c1. The number of sulfonamides is 1. The number of nitrogens with zero attached hydrogens (tertiary/aromatic N) is 1. The number of carbonyl (C=O) groups excluding carboxylic acids is 1. The van der Waals surface area contributed by atoms with Gasteiger partial charge in [0.2, 0.25) is 10.0 Å². The van der Waals surface area contributed by atoms with E-state index >= 15 is 0 Å². The summed E-state index contributed by atoms with van der Waals surface area (Å²) in [6, 6.07) is 8.60. The van der Waals surface area contributed by atoms with Gasteiger partial charge in [0, 0.05) is 18.7 Å². The fourth-order valence-corrected chi connectivity index (χ4v) is 3.26. The molecule has 1 heterocycles. The van der Waals surface area contributed by atoms with Crippen LogP contribution < -0.4 is 5.14 Å². The van der Waals surface area contributed by atoms with E-state index in [1.807, 2.05) is 0 Å². The first-order valence-corrected chi connectivity index (χ1v) is 8.71. The molecule has 132 valence electrons. The lowest BCUT2D eigenvalue weighted by molar-refractivity contribution is -0.137. The molecule has 2 N–H and O–H groups in total. The first-order valence-electron chi connectivity index (χ1n) is 7.17. The summed E-state index contributed by atoms with van der Waals surface area (Å²) in [6.45, 7) is 0.184. The molecule has 0 bridgehead atoms. The Balaban J connectivity index is 1.86. The summed E-state index contributed by atoms with van der Waals surface area (Å²) < 4.78 is 61.1. The number of benzene rings is 2. The summed E-state index contributed by atoms with van der Waals surface area (Å²) in [7, 11) is -3.95. The van der Waals surface area contributed by atoms with Gasteiger partial charge in [-0.15, -0.1) is 0 Å². The number of primary sulfonamides is 1. The standard InChI is InChI=1S/C16H13F3N2O3S/c17-16(18,19)13-5-4-11-8-21(9-12(11)6-13)15(22)10-2-1-3-14(7-10)25(20,23)24/h1-7H,8-9H2,(H2,20,23,24). The zero-order chi connectivity index (χ0) is 18.4. The van der Waals surface area contributed by atoms with Crippen molar-refractivity contribution in [3.05, 3.63) is 64.7 Å². The van der Waals surface area contributed by atoms with Crippen LogP contribution in [0.2, 0.25) is 0 Å². The lowest BCUT2D eigenvalue weighted by Crippen LogP contribution is -2.25. The summed E-state index contributed by atoms with van der Waals surface area (Å²) in [6.07, 6.45) is -4.45. The Morgan fingerprint density at radius 2 is 1.72 bits per heavy atom. The molecule has 3 rings (SSSR count). The number of rotatable bonds is 2. The molecule has 0 saturated heterocycles. The fraction of sp³-hybridized carbons (Fsp3) is 0.188. The van der Waals surface area contributed by atoms with Gasteiger partial charge in [-0.25, -0.2) is 13.6 Å². The van der Waals surface area contributed by atoms with Gasteiger partial charge in [-0.3, -0.25) is 4.79 Å². The lowest BCUT2D eigenvalue weighted by atomic mass is 10.1. The Hall–Kier alpha value is -2.39. The largest absolute Gasteiger partial charge is 0.416 e. The van der Waals surface area contributed by atoms with Crippen LogP contribution in [0.4, 0.5) is 13.2 Å². The van der Waals surface area contributed by atoms with Crippen molar-refractivity contribution in [3.63, 3.8) is 0 Å². The molecule has 25 heavy (non-hydrogen) atoms. The van der Waals surface area contributed by atoms with Crippen LogP contribution in [0.25, 0.3) is 0 Å². The molecule has 2 aromatic carbocycles. The van der Waals surface area contributed by atoms with Crippen molar-refractivity contribution in [2.45, 2.75) is 24.2 Å². The third-order valence-corrected chi connectivity index (χ3v) is 4.86. The summed E-state index contributed by atoms with van der Waals surface area (Å²) >= 11 is 0. The van der Waals surface area contributed by atoms with Crippen molar-refractivity contribution in [1.82, 2.24) is 4.90 Å². The van der Waals surface area contributed by atoms with E-state index in [-0.39, 0.29) is 23.5 Å². The number of hydrogen-bond donors (Lipinski definition) is 1. The Kier molecular flexibility index (Phi) is 4.08. The minimum atomic E-state index is -4.45. The number of alkyl halides is 3. The second-order valence-corrected chi connectivity index (χ2v) is 7.28. The maximum absolute atomic E-state index is 12.8. The average Bonchev–Trinajstić information content (AvgIpc) is 2.95. The zero-order valence-electron chi connectivity index (χ0n) is 12.7. The van der Waals surface area contributed by atoms with E-state index < -0.39 is 27.7 Å². The number of nitrogens with two attached hydrogens (primary N) is 1. The van der Waals surface area contributed by atoms with Gasteiger partial charge in [0.15, 0.2) is 0 Å². The van der Waals surface area contributed by atoms with Gasteiger partial charge in [-0.05, 0) is 41.5 Å². The Morgan fingerprint density at radius 1 is 1.04 bits per heavy atom. The highest BCUT2D eigenvalue weighted by Gasteiger charge is 2.33. The quantitative estimate of drug-likeness (QED) is 0.882. The van der Waals surface area contributed by atoms with E-state index in [9.17, 15) is 26.4 Å². The van der Waals surface area contributed by atoms with Gasteiger partial charge in [-0.2, -0.15) is 13.2 Å². The van der Waals surface area contributed by atoms with Crippen molar-refractivity contribution in [2.24, 2.45) is 5.14 Å². The van der Waals surface area contributed by atoms with Crippen LogP contribution in [-0.2, 0) is 29.3 Å². The molecule has 0 spiro atoms. The monoisotopic (exact) mass is 370 g/mol. The first-order chi connectivity index (χ1) is 11.6. The molecule has 5 nitrogen and oxygen atoms in total. The fourth-order valence-electron chi connectivity index (χ4n) is 2.70. The number of amides is 1. The topological polar surface area (TPSA) is 80.5 Å². The molecule has 0 saturated carbocycles. The predicted molar refractivity (Wildman–Crippen MR) is 82.8 cm³/mol. The summed E-state index contributed by atoms with van der Waals surface area (Å²) in [5, 5.41) is 5.05. The molecule has 2 aromatic rings. The summed E-state index contributed by atoms with van der Waals surface area (Å²) in [4.78, 5) is 13.7. The highest BCUT2D eigenvalue weighted by atomic mass is 32.2. The van der Waals surface area contributed by atoms with Crippen molar-refractivity contribution >= 4 is 15.9 Å². The summed E-state index contributed by atoms with van der Waals surface area (Å²) in [5.41, 5.74) is 0.391. The Labute approximate surface area is 141 Å². The van der Waals surface area contributed by atoms with Crippen LogP contribution >= 0.6 is 0 Å². The number of hydrogen-bond acceptors (Lipinski definition) is 3. The molecule has 0 aromatic heterocycles. The Morgan fingerprint density at radius 3 is 2.36 bits per heavy atom. The highest BCUT2D eigenvalue weighted by molar-refractivity contribution is 7.89. The molecule has 1 aliphatic heterocycles. The second-order valence-electron chi connectivity index (χ2n) is 5.72. The molecule has 0 fully saturated rings. The van der Waals surface area contributed by atoms with Crippen molar-refractivity contribution in [3.8, 4) is 0 Å². The predicted octanol–water partition coefficient (Wildman–Crippen LogP) is 2.51. The minimum absolute atomic E-state index is 0.0255. The van der Waals surface area contributed by atoms with Gasteiger partial charge < -0.3 is 4.90 Å². The smallest absolute Gasteiger partial charge is 0.330 e. The van der Waals surface area contributed by atoms with Gasteiger partial charge in [0.1, 0.15) is 0 Å². The molecule has 9 heteroatoms. The van der Waals surface area contributed by atoms with E-state index in [1.54, 1.807) is 0 Å². The molecule has 1 aliphatic rings. The molecule has 0 unspecified atom stereocenters. The van der Waals surface area contributed by atoms with E-state index in [0.29, 0.717) is 11.1 Å². The van der Waals surface area contributed by atoms with Crippen LogP contribution in [0.5, 0.6) is 0 Å². The lowest BCUT2D eigenvalue weighted by Gasteiger charge is -2.15. The molecule has 0 radical (unpaired) electrons. The van der Waals surface area contributed by atoms with Crippen LogP contribution in [0.15, 0.2) is 47.4 Å². The van der Waals surface area contributed by atoms with Crippen LogP contribution in [0.1, 0.15) is 27.0 Å². The van der Waals surface area contributed by atoms with E-state index in [1.165, 1.54) is 29.2 Å². The third-order valence-electron chi connectivity index (χ3n) is 3.95. The van der Waals surface area contributed by atoms with Crippen LogP contribution in [0, 0.1) is 0 Å². The first kappa shape index (κ1) is 17.4. The van der Waals surface area contributed by atoms with Gasteiger partial charge in [-0.1, -0.05) is 12.1 Å². The average molecular weight is 370 g/mol. The van der Waals surface area contributed by atoms with E-state index in [4.69, 9.17) is 5.14 Å². The molecule has 1 amide bonds. The molecular weight excluding hydrogens is 357 g/mol. The normalized spacial score (nSPS) is 14.5. The third kappa shape index (κ3) is 3.52. The van der Waals surface area contributed by atoms with Crippen molar-refractivity contribution < 1.29 is 26.4 Å². The van der Waals surface area contributed by atoms with Crippen LogP contribution in [0.3, 0.4) is 0 Å². The molecule has 0 atom stereocenters. The van der Waals surface area contributed by atoms with E-state index in [2.05, 4.69) is 0 Å². The maximum Gasteiger partial charge on any atom is 0.416 e. The number of fused-ring (bicyclic) bond motifs is 1. The van der Waals surface area contributed by atoms with Gasteiger partial charge >= 0.3 is 6.18 Å². The Bertz CT molecular complexity index is 955. The minimum Gasteiger partial charge on any atom is -0.330 e. The number of halogens is 3. The highest BCUT2D eigenvalue weighted by Crippen LogP contribution is 2.33. The second kappa shape index (κ2) is 5.85. The number of carbonyl (C=O) groups is 1. The zero-order valence-corrected chi connectivity index (χ0v) is 13.6.